The van der Waals surface area contributed by atoms with Crippen molar-refractivity contribution in [1.29, 1.82) is 0 Å². The summed E-state index contributed by atoms with van der Waals surface area (Å²) in [6.07, 6.45) is 2.70. The van der Waals surface area contributed by atoms with Gasteiger partial charge in [0.15, 0.2) is 0 Å². The maximum atomic E-state index is 5.78. The molecule has 0 amide bonds. The third-order valence-electron chi connectivity index (χ3n) is 3.21. The van der Waals surface area contributed by atoms with Crippen molar-refractivity contribution in [3.8, 4) is 0 Å². The first-order chi connectivity index (χ1) is 7.70. The summed E-state index contributed by atoms with van der Waals surface area (Å²) in [5.74, 6) is 2.15. The van der Waals surface area contributed by atoms with Crippen molar-refractivity contribution in [1.82, 2.24) is 10.2 Å². The molecule has 0 aromatic carbocycles. The van der Waals surface area contributed by atoms with E-state index in [9.17, 15) is 0 Å². The molecule has 1 aromatic heterocycles. The number of furan rings is 1. The molecule has 0 saturated heterocycles. The second kappa shape index (κ2) is 5.02. The average molecular weight is 222 g/mol. The van der Waals surface area contributed by atoms with Crippen molar-refractivity contribution in [2.75, 3.05) is 13.6 Å². The van der Waals surface area contributed by atoms with E-state index in [1.54, 1.807) is 0 Å². The van der Waals surface area contributed by atoms with Crippen molar-refractivity contribution in [3.05, 3.63) is 23.2 Å². The number of rotatable bonds is 6. The van der Waals surface area contributed by atoms with E-state index in [0.29, 0.717) is 0 Å². The van der Waals surface area contributed by atoms with Crippen LogP contribution in [-0.4, -0.2) is 24.5 Å². The third kappa shape index (κ3) is 2.86. The third-order valence-corrected chi connectivity index (χ3v) is 3.21. The zero-order valence-electron chi connectivity index (χ0n) is 10.5. The lowest BCUT2D eigenvalue weighted by Gasteiger charge is -2.12. The van der Waals surface area contributed by atoms with Crippen LogP contribution in [0.1, 0.15) is 36.8 Å². The minimum absolute atomic E-state index is 0.794. The Hall–Kier alpha value is -0.800. The zero-order chi connectivity index (χ0) is 11.5. The first-order valence-electron chi connectivity index (χ1n) is 6.20. The van der Waals surface area contributed by atoms with Crippen molar-refractivity contribution >= 4 is 0 Å². The molecule has 3 nitrogen and oxygen atoms in total. The number of nitrogens with zero attached hydrogens (tertiary/aromatic N) is 1. The SMILES string of the molecule is CCNCc1cc(CN(C)C2CC2)oc1C. The summed E-state index contributed by atoms with van der Waals surface area (Å²) in [6.45, 7) is 7.03. The molecule has 0 spiro atoms. The Morgan fingerprint density at radius 1 is 1.50 bits per heavy atom. The van der Waals surface area contributed by atoms with E-state index >= 15 is 0 Å². The van der Waals surface area contributed by atoms with E-state index in [0.717, 1.165) is 37.2 Å². The molecule has 0 bridgehead atoms. The summed E-state index contributed by atoms with van der Waals surface area (Å²) in [7, 11) is 2.18. The number of nitrogens with one attached hydrogen (secondary N) is 1. The van der Waals surface area contributed by atoms with Crippen LogP contribution < -0.4 is 5.32 Å². The molecular weight excluding hydrogens is 200 g/mol. The van der Waals surface area contributed by atoms with Gasteiger partial charge in [0.05, 0.1) is 6.54 Å². The van der Waals surface area contributed by atoms with E-state index < -0.39 is 0 Å². The summed E-state index contributed by atoms with van der Waals surface area (Å²) < 4.78 is 5.78. The molecule has 1 heterocycles. The molecule has 1 N–H and O–H groups in total. The Morgan fingerprint density at radius 2 is 2.25 bits per heavy atom. The Balaban J connectivity index is 1.93. The van der Waals surface area contributed by atoms with Crippen LogP contribution in [0.2, 0.25) is 0 Å². The highest BCUT2D eigenvalue weighted by Gasteiger charge is 2.26. The summed E-state index contributed by atoms with van der Waals surface area (Å²) in [4.78, 5) is 2.38. The van der Waals surface area contributed by atoms with Gasteiger partial charge in [-0.05, 0) is 39.4 Å². The molecule has 0 unspecified atom stereocenters. The van der Waals surface area contributed by atoms with Gasteiger partial charge in [0.25, 0.3) is 0 Å². The Labute approximate surface area is 97.8 Å². The molecule has 0 radical (unpaired) electrons. The van der Waals surface area contributed by atoms with E-state index in [-0.39, 0.29) is 0 Å². The number of hydrogen-bond donors (Lipinski definition) is 1. The molecule has 90 valence electrons. The van der Waals surface area contributed by atoms with E-state index in [1.165, 1.54) is 18.4 Å². The van der Waals surface area contributed by atoms with Gasteiger partial charge in [0, 0.05) is 18.2 Å². The van der Waals surface area contributed by atoms with Crippen LogP contribution in [0.25, 0.3) is 0 Å². The van der Waals surface area contributed by atoms with Crippen molar-refractivity contribution in [3.63, 3.8) is 0 Å². The van der Waals surface area contributed by atoms with Crippen molar-refractivity contribution < 1.29 is 4.42 Å². The summed E-state index contributed by atoms with van der Waals surface area (Å²) in [5.41, 5.74) is 1.29. The largest absolute Gasteiger partial charge is 0.465 e. The highest BCUT2D eigenvalue weighted by Crippen LogP contribution is 2.27. The molecule has 2 rings (SSSR count). The van der Waals surface area contributed by atoms with Gasteiger partial charge in [-0.15, -0.1) is 0 Å². The van der Waals surface area contributed by atoms with Gasteiger partial charge in [-0.25, -0.2) is 0 Å². The zero-order valence-corrected chi connectivity index (χ0v) is 10.5. The minimum Gasteiger partial charge on any atom is -0.465 e. The van der Waals surface area contributed by atoms with Crippen molar-refractivity contribution in [2.24, 2.45) is 0 Å². The lowest BCUT2D eigenvalue weighted by atomic mass is 10.2. The molecule has 1 saturated carbocycles. The lowest BCUT2D eigenvalue weighted by molar-refractivity contribution is 0.283. The fourth-order valence-corrected chi connectivity index (χ4v) is 1.99. The Morgan fingerprint density at radius 3 is 2.88 bits per heavy atom. The monoisotopic (exact) mass is 222 g/mol. The van der Waals surface area contributed by atoms with E-state index in [2.05, 4.69) is 30.3 Å². The first-order valence-corrected chi connectivity index (χ1v) is 6.20. The molecular formula is C13H22N2O. The van der Waals surface area contributed by atoms with Crippen LogP contribution in [0.4, 0.5) is 0 Å². The van der Waals surface area contributed by atoms with Crippen LogP contribution >= 0.6 is 0 Å². The van der Waals surface area contributed by atoms with E-state index in [4.69, 9.17) is 4.42 Å². The predicted molar refractivity (Wildman–Crippen MR) is 65.3 cm³/mol. The highest BCUT2D eigenvalue weighted by atomic mass is 16.3. The number of hydrogen-bond acceptors (Lipinski definition) is 3. The summed E-state index contributed by atoms with van der Waals surface area (Å²) >= 11 is 0. The average Bonchev–Trinajstić information content (AvgIpc) is 3.03. The maximum absolute atomic E-state index is 5.78. The smallest absolute Gasteiger partial charge is 0.118 e. The minimum atomic E-state index is 0.794. The molecule has 1 fully saturated rings. The predicted octanol–water partition coefficient (Wildman–Crippen LogP) is 2.29. The van der Waals surface area contributed by atoms with E-state index in [1.807, 2.05) is 6.92 Å². The van der Waals surface area contributed by atoms with Gasteiger partial charge in [0.1, 0.15) is 11.5 Å². The molecule has 16 heavy (non-hydrogen) atoms. The molecule has 3 heteroatoms. The van der Waals surface area contributed by atoms with Gasteiger partial charge in [0.2, 0.25) is 0 Å². The standard InChI is InChI=1S/C13H22N2O/c1-4-14-8-11-7-13(16-10(11)2)9-15(3)12-5-6-12/h7,12,14H,4-6,8-9H2,1-3H3. The summed E-state index contributed by atoms with van der Waals surface area (Å²) in [6, 6.07) is 2.99. The van der Waals surface area contributed by atoms with Gasteiger partial charge < -0.3 is 9.73 Å². The van der Waals surface area contributed by atoms with Gasteiger partial charge >= 0.3 is 0 Å². The molecule has 1 aromatic rings. The van der Waals surface area contributed by atoms with Gasteiger partial charge in [-0.1, -0.05) is 6.92 Å². The Bertz CT molecular complexity index is 342. The van der Waals surface area contributed by atoms with Gasteiger partial charge in [-0.3, -0.25) is 4.90 Å². The van der Waals surface area contributed by atoms with Crippen LogP contribution in [0, 0.1) is 6.92 Å². The second-order valence-electron chi connectivity index (χ2n) is 4.72. The molecule has 0 atom stereocenters. The number of aryl methyl sites for hydroxylation is 1. The van der Waals surface area contributed by atoms with Crippen LogP contribution in [0.15, 0.2) is 10.5 Å². The second-order valence-corrected chi connectivity index (χ2v) is 4.72. The molecule has 1 aliphatic carbocycles. The lowest BCUT2D eigenvalue weighted by Crippen LogP contribution is -2.19. The fourth-order valence-electron chi connectivity index (χ4n) is 1.99. The fraction of sp³-hybridized carbons (Fsp3) is 0.692. The normalized spacial score (nSPS) is 16.0. The Kier molecular flexibility index (Phi) is 3.66. The first kappa shape index (κ1) is 11.7. The van der Waals surface area contributed by atoms with Crippen LogP contribution in [0.5, 0.6) is 0 Å². The highest BCUT2D eigenvalue weighted by molar-refractivity contribution is 5.20. The van der Waals surface area contributed by atoms with Crippen LogP contribution in [-0.2, 0) is 13.1 Å². The van der Waals surface area contributed by atoms with Gasteiger partial charge in [-0.2, -0.15) is 0 Å². The quantitative estimate of drug-likeness (QED) is 0.800. The van der Waals surface area contributed by atoms with Crippen LogP contribution in [0.3, 0.4) is 0 Å². The molecule has 0 aliphatic heterocycles. The topological polar surface area (TPSA) is 28.4 Å². The van der Waals surface area contributed by atoms with Crippen molar-refractivity contribution in [2.45, 2.75) is 45.8 Å². The maximum Gasteiger partial charge on any atom is 0.118 e. The molecule has 1 aliphatic rings. The summed E-state index contributed by atoms with van der Waals surface area (Å²) in [5, 5.41) is 3.33.